The van der Waals surface area contributed by atoms with E-state index in [1.165, 1.54) is 37.1 Å². The molecule has 0 radical (unpaired) electrons. The van der Waals surface area contributed by atoms with Gasteiger partial charge in [0.05, 0.1) is 23.1 Å². The minimum absolute atomic E-state index is 0.0000613. The fourth-order valence-electron chi connectivity index (χ4n) is 1.79. The Hall–Kier alpha value is -2.84. The number of carboxylic acids is 1. The lowest BCUT2D eigenvalue weighted by Gasteiger charge is -2.20. The van der Waals surface area contributed by atoms with Gasteiger partial charge in [0, 0.05) is 25.7 Å². The summed E-state index contributed by atoms with van der Waals surface area (Å²) in [6.45, 7) is 3.55. The molecule has 23 heavy (non-hydrogen) atoms. The molecule has 0 heterocycles. The summed E-state index contributed by atoms with van der Waals surface area (Å²) < 4.78 is 5.32. The number of ether oxygens (including phenoxy) is 1. The van der Waals surface area contributed by atoms with Crippen LogP contribution in [-0.2, 0) is 4.79 Å². The number of nitro groups is 1. The Kier molecular flexibility index (Phi) is 6.31. The van der Waals surface area contributed by atoms with Crippen molar-refractivity contribution < 1.29 is 24.4 Å². The number of aliphatic carboxylic acids is 1. The van der Waals surface area contributed by atoms with Crippen LogP contribution in [0.15, 0.2) is 18.2 Å². The molecule has 2 amide bonds. The van der Waals surface area contributed by atoms with Gasteiger partial charge < -0.3 is 20.1 Å². The van der Waals surface area contributed by atoms with Gasteiger partial charge in [0.2, 0.25) is 0 Å². The fourth-order valence-corrected chi connectivity index (χ4v) is 1.79. The summed E-state index contributed by atoms with van der Waals surface area (Å²) in [4.78, 5) is 34.4. The standard InChI is InChI=1S/C14H19N3O6/c1-4-23-12-6-5-10(17(21)22)7-11(12)15-14(20)16(3)8-9(2)13(18)19/h5-7,9H,4,8H2,1-3H3,(H,15,20)(H,18,19). The molecular formula is C14H19N3O6. The molecule has 0 aliphatic heterocycles. The van der Waals surface area contributed by atoms with Crippen molar-refractivity contribution in [1.29, 1.82) is 0 Å². The largest absolute Gasteiger partial charge is 0.492 e. The average Bonchev–Trinajstić information content (AvgIpc) is 2.48. The van der Waals surface area contributed by atoms with Crippen molar-refractivity contribution in [2.24, 2.45) is 5.92 Å². The Morgan fingerprint density at radius 2 is 2.13 bits per heavy atom. The van der Waals surface area contributed by atoms with E-state index in [2.05, 4.69) is 5.32 Å². The van der Waals surface area contributed by atoms with Crippen molar-refractivity contribution in [3.8, 4) is 5.75 Å². The van der Waals surface area contributed by atoms with E-state index in [1.54, 1.807) is 6.92 Å². The monoisotopic (exact) mass is 325 g/mol. The van der Waals surface area contributed by atoms with Crippen LogP contribution in [0.2, 0.25) is 0 Å². The smallest absolute Gasteiger partial charge is 0.321 e. The molecule has 1 aromatic rings. The van der Waals surface area contributed by atoms with Crippen molar-refractivity contribution in [3.63, 3.8) is 0 Å². The number of hydrogen-bond acceptors (Lipinski definition) is 5. The van der Waals surface area contributed by atoms with Crippen molar-refractivity contribution in [3.05, 3.63) is 28.3 Å². The molecule has 2 N–H and O–H groups in total. The van der Waals surface area contributed by atoms with Crippen molar-refractivity contribution in [2.45, 2.75) is 13.8 Å². The van der Waals surface area contributed by atoms with Crippen LogP contribution in [0.1, 0.15) is 13.8 Å². The van der Waals surface area contributed by atoms with Gasteiger partial charge >= 0.3 is 12.0 Å². The zero-order valence-corrected chi connectivity index (χ0v) is 13.1. The number of anilines is 1. The number of nitro benzene ring substituents is 1. The van der Waals surface area contributed by atoms with Gasteiger partial charge in [-0.15, -0.1) is 0 Å². The lowest BCUT2D eigenvalue weighted by molar-refractivity contribution is -0.384. The van der Waals surface area contributed by atoms with Crippen molar-refractivity contribution >= 4 is 23.4 Å². The van der Waals surface area contributed by atoms with Gasteiger partial charge in [-0.1, -0.05) is 6.92 Å². The molecule has 1 unspecified atom stereocenters. The van der Waals surface area contributed by atoms with Gasteiger partial charge in [-0.05, 0) is 13.0 Å². The third-order valence-electron chi connectivity index (χ3n) is 3.03. The quantitative estimate of drug-likeness (QED) is 0.585. The molecule has 0 spiro atoms. The number of carbonyl (C=O) groups is 2. The number of rotatable bonds is 7. The number of non-ortho nitro benzene ring substituents is 1. The number of hydrogen-bond donors (Lipinski definition) is 2. The summed E-state index contributed by atoms with van der Waals surface area (Å²) in [5, 5.41) is 22.2. The van der Waals surface area contributed by atoms with Crippen LogP contribution in [0, 0.1) is 16.0 Å². The third-order valence-corrected chi connectivity index (χ3v) is 3.03. The molecule has 1 aromatic carbocycles. The van der Waals surface area contributed by atoms with Gasteiger partial charge in [-0.25, -0.2) is 4.79 Å². The number of nitrogens with zero attached hydrogens (tertiary/aromatic N) is 2. The minimum atomic E-state index is -1.02. The predicted octanol–water partition coefficient (Wildman–Crippen LogP) is 2.18. The molecule has 9 nitrogen and oxygen atoms in total. The summed E-state index contributed by atoms with van der Waals surface area (Å²) in [6.07, 6.45) is 0. The number of carboxylic acid groups (broad SMARTS) is 1. The highest BCUT2D eigenvalue weighted by Gasteiger charge is 2.19. The maximum atomic E-state index is 12.1. The van der Waals surface area contributed by atoms with E-state index in [9.17, 15) is 19.7 Å². The number of benzene rings is 1. The predicted molar refractivity (Wildman–Crippen MR) is 82.7 cm³/mol. The first kappa shape index (κ1) is 18.2. The van der Waals surface area contributed by atoms with E-state index < -0.39 is 22.8 Å². The van der Waals surface area contributed by atoms with Crippen molar-refractivity contribution in [1.82, 2.24) is 4.90 Å². The van der Waals surface area contributed by atoms with Gasteiger partial charge in [-0.3, -0.25) is 14.9 Å². The van der Waals surface area contributed by atoms with Crippen LogP contribution >= 0.6 is 0 Å². The molecule has 9 heteroatoms. The number of amides is 2. The Bertz CT molecular complexity index is 604. The summed E-state index contributed by atoms with van der Waals surface area (Å²) in [6, 6.07) is 3.28. The molecule has 1 atom stereocenters. The molecule has 0 saturated heterocycles. The van der Waals surface area contributed by atoms with E-state index in [0.29, 0.717) is 12.4 Å². The first-order chi connectivity index (χ1) is 10.8. The Morgan fingerprint density at radius 1 is 1.48 bits per heavy atom. The van der Waals surface area contributed by atoms with Crippen molar-refractivity contribution in [2.75, 3.05) is 25.5 Å². The Labute approximate surface area is 133 Å². The van der Waals surface area contributed by atoms with E-state index in [4.69, 9.17) is 9.84 Å². The Morgan fingerprint density at radius 3 is 2.65 bits per heavy atom. The lowest BCUT2D eigenvalue weighted by atomic mass is 10.2. The second-order valence-electron chi connectivity index (χ2n) is 4.92. The molecule has 0 fully saturated rings. The number of nitrogens with one attached hydrogen (secondary N) is 1. The summed E-state index contributed by atoms with van der Waals surface area (Å²) in [7, 11) is 1.44. The summed E-state index contributed by atoms with van der Waals surface area (Å²) >= 11 is 0. The van der Waals surface area contributed by atoms with Gasteiger partial charge in [0.1, 0.15) is 5.75 Å². The molecule has 0 saturated carbocycles. The maximum absolute atomic E-state index is 12.1. The van der Waals surface area contributed by atoms with Crippen LogP contribution in [0.3, 0.4) is 0 Å². The van der Waals surface area contributed by atoms with Crippen LogP contribution in [0.4, 0.5) is 16.2 Å². The maximum Gasteiger partial charge on any atom is 0.321 e. The zero-order chi connectivity index (χ0) is 17.6. The molecule has 0 aliphatic rings. The highest BCUT2D eigenvalue weighted by Crippen LogP contribution is 2.29. The van der Waals surface area contributed by atoms with E-state index >= 15 is 0 Å². The van der Waals surface area contributed by atoms with Crippen LogP contribution in [0.25, 0.3) is 0 Å². The van der Waals surface area contributed by atoms with Gasteiger partial charge in [0.25, 0.3) is 5.69 Å². The first-order valence-corrected chi connectivity index (χ1v) is 6.92. The van der Waals surface area contributed by atoms with E-state index in [0.717, 1.165) is 0 Å². The molecule has 126 valence electrons. The van der Waals surface area contributed by atoms with Crippen LogP contribution in [0.5, 0.6) is 5.75 Å². The minimum Gasteiger partial charge on any atom is -0.492 e. The summed E-state index contributed by atoms with van der Waals surface area (Å²) in [5.41, 5.74) is -0.0359. The molecule has 0 aromatic heterocycles. The second-order valence-corrected chi connectivity index (χ2v) is 4.92. The highest BCUT2D eigenvalue weighted by atomic mass is 16.6. The second kappa shape index (κ2) is 7.97. The van der Waals surface area contributed by atoms with Gasteiger partial charge in [-0.2, -0.15) is 0 Å². The van der Waals surface area contributed by atoms with E-state index in [1.807, 2.05) is 0 Å². The average molecular weight is 325 g/mol. The highest BCUT2D eigenvalue weighted by molar-refractivity contribution is 5.91. The first-order valence-electron chi connectivity index (χ1n) is 6.92. The summed E-state index contributed by atoms with van der Waals surface area (Å²) in [5.74, 6) is -1.46. The Balaban J connectivity index is 2.92. The molecule has 0 bridgehead atoms. The normalized spacial score (nSPS) is 11.4. The van der Waals surface area contributed by atoms with E-state index in [-0.39, 0.29) is 17.9 Å². The molecule has 0 aliphatic carbocycles. The van der Waals surface area contributed by atoms with Crippen LogP contribution < -0.4 is 10.1 Å². The number of urea groups is 1. The van der Waals surface area contributed by atoms with Gasteiger partial charge in [0.15, 0.2) is 0 Å². The lowest BCUT2D eigenvalue weighted by Crippen LogP contribution is -2.36. The fraction of sp³-hybridized carbons (Fsp3) is 0.429. The molecule has 1 rings (SSSR count). The third kappa shape index (κ3) is 5.13. The topological polar surface area (TPSA) is 122 Å². The number of carbonyl (C=O) groups excluding carboxylic acids is 1. The molecular weight excluding hydrogens is 306 g/mol. The SMILES string of the molecule is CCOc1ccc([N+](=O)[O-])cc1NC(=O)N(C)CC(C)C(=O)O. The zero-order valence-electron chi connectivity index (χ0n) is 13.1. The van der Waals surface area contributed by atoms with Crippen LogP contribution in [-0.4, -0.2) is 47.1 Å².